The minimum Gasteiger partial charge on any atom is -0.748 e. The number of fused-ring (bicyclic) bond motifs is 2. The van der Waals surface area contributed by atoms with Gasteiger partial charge in [-0.1, -0.05) is 59.6 Å². The number of oxazole rings is 1. The van der Waals surface area contributed by atoms with E-state index in [1.54, 1.807) is 18.2 Å². The maximum atomic E-state index is 11.5. The summed E-state index contributed by atoms with van der Waals surface area (Å²) in [5, 5.41) is 0.663. The Labute approximate surface area is 260 Å². The second-order valence-electron chi connectivity index (χ2n) is 10.0. The Hall–Kier alpha value is -3.13. The monoisotopic (exact) mass is 665 g/mol. The number of nitrogens with zero attached hydrogens (tertiary/aromatic N) is 3. The standard InChI is InChI=1S/C29H29Cl2N3O7S2/c1-2-32-24-17-22(30)23(31)18-25(24)33(12-6-14-42(35,36)37)28(32)19-29-34(13-7-15-43(38,39)40)26-16-21(10-11-27(26)41-29)20-8-4-3-5-9-20/h3-5,8-11,16-19H,2,6-7,12-15H2,1H3,(H-,35,36,37,38,39,40). The quantitative estimate of drug-likeness (QED) is 0.161. The predicted octanol–water partition coefficient (Wildman–Crippen LogP) is 5.55. The van der Waals surface area contributed by atoms with Gasteiger partial charge in [-0.2, -0.15) is 13.0 Å². The molecular formula is C29H29Cl2N3O7S2. The van der Waals surface area contributed by atoms with Gasteiger partial charge in [0.15, 0.2) is 6.54 Å². The molecule has 1 aliphatic heterocycles. The Balaban J connectivity index is 1.64. The lowest BCUT2D eigenvalue weighted by atomic mass is 10.1. The third kappa shape index (κ3) is 7.17. The van der Waals surface area contributed by atoms with Crippen LogP contribution in [-0.4, -0.2) is 50.5 Å². The maximum Gasteiger partial charge on any atom is 0.377 e. The lowest BCUT2D eigenvalue weighted by Crippen LogP contribution is -2.37. The van der Waals surface area contributed by atoms with Gasteiger partial charge in [0.25, 0.3) is 15.6 Å². The van der Waals surface area contributed by atoms with E-state index in [0.29, 0.717) is 39.6 Å². The molecule has 0 saturated heterocycles. The molecule has 0 saturated carbocycles. The summed E-state index contributed by atoms with van der Waals surface area (Å²) in [5.41, 5.74) is 4.64. The average Bonchev–Trinajstić information content (AvgIpc) is 3.42. The van der Waals surface area contributed by atoms with Crippen LogP contribution in [0.4, 0.5) is 11.4 Å². The van der Waals surface area contributed by atoms with Gasteiger partial charge in [0.1, 0.15) is 5.82 Å². The molecule has 4 aromatic rings. The molecule has 0 bridgehead atoms. The van der Waals surface area contributed by atoms with Crippen molar-refractivity contribution in [3.63, 3.8) is 0 Å². The molecule has 0 fully saturated rings. The number of aryl methyl sites for hydroxylation is 1. The fourth-order valence-corrected chi connectivity index (χ4v) is 6.53. The summed E-state index contributed by atoms with van der Waals surface area (Å²) in [6.45, 7) is 2.86. The SMILES string of the molecule is CCN1/C(=C\c2oc3ccc(-c4ccccc4)cc3[n+]2CCCS(=O)(=O)O)N(CCCS(=O)(=O)[O-])c2cc(Cl)c(Cl)cc21. The van der Waals surface area contributed by atoms with E-state index in [1.165, 1.54) is 0 Å². The molecule has 0 amide bonds. The molecule has 2 heterocycles. The average molecular weight is 667 g/mol. The van der Waals surface area contributed by atoms with Crippen molar-refractivity contribution >= 4 is 72.0 Å². The first-order valence-corrected chi connectivity index (χ1v) is 17.5. The Bertz CT molecular complexity index is 1910. The van der Waals surface area contributed by atoms with Crippen LogP contribution in [0.2, 0.25) is 10.0 Å². The van der Waals surface area contributed by atoms with Gasteiger partial charge in [-0.15, -0.1) is 0 Å². The highest BCUT2D eigenvalue weighted by Crippen LogP contribution is 2.46. The van der Waals surface area contributed by atoms with Crippen molar-refractivity contribution < 1.29 is 34.9 Å². The predicted molar refractivity (Wildman–Crippen MR) is 167 cm³/mol. The summed E-state index contributed by atoms with van der Waals surface area (Å²) in [6.07, 6.45) is 1.97. The molecular weight excluding hydrogens is 637 g/mol. The fraction of sp³-hybridized carbons (Fsp3) is 0.276. The van der Waals surface area contributed by atoms with Crippen LogP contribution in [0.15, 0.2) is 70.9 Å². The maximum absolute atomic E-state index is 11.5. The smallest absolute Gasteiger partial charge is 0.377 e. The summed E-state index contributed by atoms with van der Waals surface area (Å²) in [5.74, 6) is 0.0584. The van der Waals surface area contributed by atoms with Gasteiger partial charge in [0.05, 0.1) is 43.4 Å². The molecule has 1 aliphatic rings. The number of rotatable bonds is 11. The van der Waals surface area contributed by atoms with E-state index in [0.717, 1.165) is 22.3 Å². The van der Waals surface area contributed by atoms with Gasteiger partial charge < -0.3 is 18.8 Å². The van der Waals surface area contributed by atoms with Crippen molar-refractivity contribution in [2.45, 2.75) is 26.3 Å². The Morgan fingerprint density at radius 2 is 1.58 bits per heavy atom. The van der Waals surface area contributed by atoms with Gasteiger partial charge in [0, 0.05) is 31.3 Å². The van der Waals surface area contributed by atoms with Crippen LogP contribution < -0.4 is 14.4 Å². The first-order valence-electron chi connectivity index (χ1n) is 13.5. The largest absolute Gasteiger partial charge is 0.748 e. The lowest BCUT2D eigenvalue weighted by Gasteiger charge is -2.24. The molecule has 1 N–H and O–H groups in total. The molecule has 43 heavy (non-hydrogen) atoms. The van der Waals surface area contributed by atoms with E-state index in [1.807, 2.05) is 69.8 Å². The summed E-state index contributed by atoms with van der Waals surface area (Å²) in [6, 6.07) is 18.9. The van der Waals surface area contributed by atoms with Gasteiger partial charge in [-0.25, -0.2) is 8.42 Å². The number of benzene rings is 3. The van der Waals surface area contributed by atoms with Crippen LogP contribution in [0.25, 0.3) is 28.3 Å². The van der Waals surface area contributed by atoms with Crippen molar-refractivity contribution in [2.75, 3.05) is 34.4 Å². The minimum absolute atomic E-state index is 0.0648. The summed E-state index contributed by atoms with van der Waals surface area (Å²) >= 11 is 12.7. The van der Waals surface area contributed by atoms with Gasteiger partial charge >= 0.3 is 5.89 Å². The van der Waals surface area contributed by atoms with Crippen LogP contribution >= 0.6 is 23.2 Å². The van der Waals surface area contributed by atoms with E-state index in [4.69, 9.17) is 27.6 Å². The third-order valence-electron chi connectivity index (χ3n) is 7.12. The third-order valence-corrected chi connectivity index (χ3v) is 9.43. The van der Waals surface area contributed by atoms with E-state index in [9.17, 15) is 25.9 Å². The van der Waals surface area contributed by atoms with Crippen LogP contribution in [0.3, 0.4) is 0 Å². The summed E-state index contributed by atoms with van der Waals surface area (Å²) in [7, 11) is -8.61. The molecule has 228 valence electrons. The van der Waals surface area contributed by atoms with Gasteiger partial charge in [0.2, 0.25) is 5.58 Å². The van der Waals surface area contributed by atoms with Gasteiger partial charge in [-0.05, 0) is 42.7 Å². The second kappa shape index (κ2) is 12.5. The normalized spacial score (nSPS) is 14.7. The van der Waals surface area contributed by atoms with Crippen molar-refractivity contribution in [3.05, 3.63) is 82.4 Å². The van der Waals surface area contributed by atoms with E-state index in [2.05, 4.69) is 0 Å². The molecule has 0 atom stereocenters. The van der Waals surface area contributed by atoms with E-state index < -0.39 is 31.7 Å². The number of hydrogen-bond donors (Lipinski definition) is 1. The van der Waals surface area contributed by atoms with Crippen molar-refractivity contribution in [3.8, 4) is 11.1 Å². The first kappa shape index (κ1) is 31.3. The molecule has 1 aromatic heterocycles. The Kier molecular flexibility index (Phi) is 9.07. The van der Waals surface area contributed by atoms with Crippen LogP contribution in [0, 0.1) is 0 Å². The minimum atomic E-state index is -4.43. The molecule has 0 unspecified atom stereocenters. The molecule has 0 spiro atoms. The molecule has 0 aliphatic carbocycles. The fourth-order valence-electron chi connectivity index (χ4n) is 5.24. The van der Waals surface area contributed by atoms with E-state index in [-0.39, 0.29) is 25.9 Å². The van der Waals surface area contributed by atoms with Crippen LogP contribution in [0.1, 0.15) is 25.7 Å². The Morgan fingerprint density at radius 3 is 2.21 bits per heavy atom. The second-order valence-corrected chi connectivity index (χ2v) is 14.0. The molecule has 5 rings (SSSR count). The van der Waals surface area contributed by atoms with Crippen LogP contribution in [-0.2, 0) is 26.8 Å². The lowest BCUT2D eigenvalue weighted by molar-refractivity contribution is -0.677. The number of aromatic nitrogens is 1. The highest BCUT2D eigenvalue weighted by atomic mass is 35.5. The highest BCUT2D eigenvalue weighted by molar-refractivity contribution is 7.85. The molecule has 14 heteroatoms. The zero-order valence-corrected chi connectivity index (χ0v) is 26.3. The zero-order chi connectivity index (χ0) is 30.9. The number of halogens is 2. The molecule has 0 radical (unpaired) electrons. The summed E-state index contributed by atoms with van der Waals surface area (Å²) < 4.78 is 74.7. The van der Waals surface area contributed by atoms with Crippen molar-refractivity contribution in [2.24, 2.45) is 0 Å². The topological polar surface area (TPSA) is 135 Å². The number of anilines is 2. The van der Waals surface area contributed by atoms with Crippen molar-refractivity contribution in [1.82, 2.24) is 0 Å². The molecule has 3 aromatic carbocycles. The van der Waals surface area contributed by atoms with Gasteiger partial charge in [-0.3, -0.25) is 4.55 Å². The highest BCUT2D eigenvalue weighted by Gasteiger charge is 2.34. The molecule has 10 nitrogen and oxygen atoms in total. The van der Waals surface area contributed by atoms with Crippen molar-refractivity contribution in [1.29, 1.82) is 0 Å². The van der Waals surface area contributed by atoms with Crippen LogP contribution in [0.5, 0.6) is 0 Å². The first-order chi connectivity index (χ1) is 20.3. The van der Waals surface area contributed by atoms with E-state index >= 15 is 0 Å². The zero-order valence-electron chi connectivity index (χ0n) is 23.1. The summed E-state index contributed by atoms with van der Waals surface area (Å²) in [4.78, 5) is 3.83. The number of hydrogen-bond acceptors (Lipinski definition) is 8. The Morgan fingerprint density at radius 1 is 0.907 bits per heavy atom.